The highest BCUT2D eigenvalue weighted by Crippen LogP contribution is 2.16. The Hall–Kier alpha value is -1.39. The van der Waals surface area contributed by atoms with Crippen LogP contribution in [-0.2, 0) is 6.54 Å². The summed E-state index contributed by atoms with van der Waals surface area (Å²) in [6.07, 6.45) is 2.50. The normalized spacial score (nSPS) is 13.4. The minimum atomic E-state index is 0.491. The molecule has 2 aromatic rings. The van der Waals surface area contributed by atoms with Crippen molar-refractivity contribution < 1.29 is 4.42 Å². The Bertz CT molecular complexity index is 480. The lowest BCUT2D eigenvalue weighted by molar-refractivity contribution is 0.240. The lowest BCUT2D eigenvalue weighted by atomic mass is 10.1. The summed E-state index contributed by atoms with van der Waals surface area (Å²) in [7, 11) is 2.12. The standard InChI is InChI=1S/C13H19N3O/c1-10(5-6-14)16(2)8-11-3-4-12-13(7-11)17-9-15-12/h3-4,7,9-10H,5-6,8,14H2,1-2H3. The minimum Gasteiger partial charge on any atom is -0.443 e. The Morgan fingerprint density at radius 2 is 2.29 bits per heavy atom. The second-order valence-electron chi connectivity index (χ2n) is 4.50. The molecule has 1 aromatic heterocycles. The third kappa shape index (κ3) is 2.84. The number of fused-ring (bicyclic) bond motifs is 1. The maximum absolute atomic E-state index is 5.57. The first-order valence-corrected chi connectivity index (χ1v) is 5.93. The lowest BCUT2D eigenvalue weighted by Crippen LogP contribution is -2.30. The Morgan fingerprint density at radius 1 is 1.47 bits per heavy atom. The van der Waals surface area contributed by atoms with E-state index in [1.165, 1.54) is 12.0 Å². The summed E-state index contributed by atoms with van der Waals surface area (Å²) in [6, 6.07) is 6.63. The number of nitrogens with two attached hydrogens (primary N) is 1. The van der Waals surface area contributed by atoms with Gasteiger partial charge in [-0.15, -0.1) is 0 Å². The molecule has 0 saturated carbocycles. The molecule has 0 fully saturated rings. The fourth-order valence-electron chi connectivity index (χ4n) is 1.90. The quantitative estimate of drug-likeness (QED) is 0.858. The van der Waals surface area contributed by atoms with Crippen LogP contribution in [0, 0.1) is 0 Å². The smallest absolute Gasteiger partial charge is 0.181 e. The summed E-state index contributed by atoms with van der Waals surface area (Å²) in [5, 5.41) is 0. The summed E-state index contributed by atoms with van der Waals surface area (Å²) in [5.41, 5.74) is 8.57. The van der Waals surface area contributed by atoms with Crippen molar-refractivity contribution in [2.45, 2.75) is 25.9 Å². The van der Waals surface area contributed by atoms with Crippen LogP contribution in [0.3, 0.4) is 0 Å². The van der Waals surface area contributed by atoms with Crippen LogP contribution in [0.2, 0.25) is 0 Å². The Balaban J connectivity index is 2.07. The van der Waals surface area contributed by atoms with Crippen molar-refractivity contribution in [1.82, 2.24) is 9.88 Å². The number of benzene rings is 1. The third-order valence-corrected chi connectivity index (χ3v) is 3.16. The predicted molar refractivity (Wildman–Crippen MR) is 68.6 cm³/mol. The zero-order chi connectivity index (χ0) is 12.3. The van der Waals surface area contributed by atoms with Crippen LogP contribution in [0.25, 0.3) is 11.1 Å². The van der Waals surface area contributed by atoms with Crippen LogP contribution in [-0.4, -0.2) is 29.5 Å². The fraction of sp³-hybridized carbons (Fsp3) is 0.462. The highest BCUT2D eigenvalue weighted by molar-refractivity contribution is 5.72. The average molecular weight is 233 g/mol. The lowest BCUT2D eigenvalue weighted by Gasteiger charge is -2.24. The highest BCUT2D eigenvalue weighted by atomic mass is 16.3. The van der Waals surface area contributed by atoms with Gasteiger partial charge in [-0.05, 0) is 44.6 Å². The minimum absolute atomic E-state index is 0.491. The van der Waals surface area contributed by atoms with E-state index in [1.54, 1.807) is 0 Å². The van der Waals surface area contributed by atoms with Crippen molar-refractivity contribution in [3.8, 4) is 0 Å². The number of nitrogens with zero attached hydrogens (tertiary/aromatic N) is 2. The molecule has 0 spiro atoms. The van der Waals surface area contributed by atoms with Crippen molar-refractivity contribution in [2.24, 2.45) is 5.73 Å². The largest absolute Gasteiger partial charge is 0.443 e. The van der Waals surface area contributed by atoms with E-state index in [2.05, 4.69) is 29.9 Å². The van der Waals surface area contributed by atoms with Gasteiger partial charge in [0.15, 0.2) is 12.0 Å². The maximum Gasteiger partial charge on any atom is 0.181 e. The van der Waals surface area contributed by atoms with Gasteiger partial charge in [0.05, 0.1) is 0 Å². The van der Waals surface area contributed by atoms with Gasteiger partial charge in [0, 0.05) is 12.6 Å². The van der Waals surface area contributed by atoms with E-state index in [9.17, 15) is 0 Å². The molecular weight excluding hydrogens is 214 g/mol. The topological polar surface area (TPSA) is 55.3 Å². The molecule has 0 aliphatic heterocycles. The van der Waals surface area contributed by atoms with Crippen molar-refractivity contribution in [1.29, 1.82) is 0 Å². The zero-order valence-corrected chi connectivity index (χ0v) is 10.4. The van der Waals surface area contributed by atoms with Crippen LogP contribution >= 0.6 is 0 Å². The van der Waals surface area contributed by atoms with Gasteiger partial charge in [-0.2, -0.15) is 0 Å². The molecule has 2 N–H and O–H groups in total. The number of rotatable bonds is 5. The second-order valence-corrected chi connectivity index (χ2v) is 4.50. The van der Waals surface area contributed by atoms with Gasteiger partial charge in [0.1, 0.15) is 5.52 Å². The summed E-state index contributed by atoms with van der Waals surface area (Å²) in [5.74, 6) is 0. The molecule has 4 heteroatoms. The number of hydrogen-bond acceptors (Lipinski definition) is 4. The molecular formula is C13H19N3O. The summed E-state index contributed by atoms with van der Waals surface area (Å²) in [4.78, 5) is 6.40. The van der Waals surface area contributed by atoms with E-state index in [0.717, 1.165) is 30.6 Å². The summed E-state index contributed by atoms with van der Waals surface area (Å²) >= 11 is 0. The van der Waals surface area contributed by atoms with Crippen molar-refractivity contribution in [3.05, 3.63) is 30.2 Å². The molecule has 1 atom stereocenters. The van der Waals surface area contributed by atoms with E-state index in [1.807, 2.05) is 12.1 Å². The molecule has 0 radical (unpaired) electrons. The van der Waals surface area contributed by atoms with Gasteiger partial charge in [-0.25, -0.2) is 4.98 Å². The molecule has 1 aromatic carbocycles. The van der Waals surface area contributed by atoms with Crippen LogP contribution in [0.1, 0.15) is 18.9 Å². The molecule has 0 amide bonds. The van der Waals surface area contributed by atoms with E-state index in [-0.39, 0.29) is 0 Å². The highest BCUT2D eigenvalue weighted by Gasteiger charge is 2.09. The summed E-state index contributed by atoms with van der Waals surface area (Å²) in [6.45, 7) is 3.82. The van der Waals surface area contributed by atoms with Crippen LogP contribution in [0.15, 0.2) is 29.0 Å². The maximum atomic E-state index is 5.57. The van der Waals surface area contributed by atoms with Crippen LogP contribution in [0.4, 0.5) is 0 Å². The van der Waals surface area contributed by atoms with Crippen molar-refractivity contribution in [2.75, 3.05) is 13.6 Å². The molecule has 1 heterocycles. The Kier molecular flexibility index (Phi) is 3.76. The van der Waals surface area contributed by atoms with Gasteiger partial charge in [-0.3, -0.25) is 4.90 Å². The van der Waals surface area contributed by atoms with E-state index in [0.29, 0.717) is 6.04 Å². The fourth-order valence-corrected chi connectivity index (χ4v) is 1.90. The molecule has 4 nitrogen and oxygen atoms in total. The van der Waals surface area contributed by atoms with Crippen LogP contribution < -0.4 is 5.73 Å². The monoisotopic (exact) mass is 233 g/mol. The third-order valence-electron chi connectivity index (χ3n) is 3.16. The Labute approximate surface area is 101 Å². The first-order valence-electron chi connectivity index (χ1n) is 5.93. The molecule has 17 heavy (non-hydrogen) atoms. The van der Waals surface area contributed by atoms with Gasteiger partial charge in [-0.1, -0.05) is 6.07 Å². The number of oxazole rings is 1. The van der Waals surface area contributed by atoms with Gasteiger partial charge < -0.3 is 10.2 Å². The predicted octanol–water partition coefficient (Wildman–Crippen LogP) is 2.00. The Morgan fingerprint density at radius 3 is 3.06 bits per heavy atom. The molecule has 1 unspecified atom stereocenters. The average Bonchev–Trinajstić information content (AvgIpc) is 2.76. The first kappa shape index (κ1) is 12.1. The number of aromatic nitrogens is 1. The molecule has 0 bridgehead atoms. The molecule has 2 rings (SSSR count). The first-order chi connectivity index (χ1) is 8.20. The van der Waals surface area contributed by atoms with Crippen molar-refractivity contribution >= 4 is 11.1 Å². The molecule has 0 aliphatic carbocycles. The molecule has 0 aliphatic rings. The van der Waals surface area contributed by atoms with Gasteiger partial charge in [0.25, 0.3) is 0 Å². The van der Waals surface area contributed by atoms with Crippen molar-refractivity contribution in [3.63, 3.8) is 0 Å². The molecule has 92 valence electrons. The molecule has 0 saturated heterocycles. The number of hydrogen-bond donors (Lipinski definition) is 1. The van der Waals surface area contributed by atoms with E-state index >= 15 is 0 Å². The van der Waals surface area contributed by atoms with E-state index < -0.39 is 0 Å². The van der Waals surface area contributed by atoms with E-state index in [4.69, 9.17) is 10.2 Å². The zero-order valence-electron chi connectivity index (χ0n) is 10.4. The SMILES string of the molecule is CC(CCN)N(C)Cc1ccc2ncoc2c1. The van der Waals surface area contributed by atoms with Gasteiger partial charge in [0.2, 0.25) is 0 Å². The van der Waals surface area contributed by atoms with Gasteiger partial charge >= 0.3 is 0 Å². The second kappa shape index (κ2) is 5.29. The summed E-state index contributed by atoms with van der Waals surface area (Å²) < 4.78 is 5.30. The van der Waals surface area contributed by atoms with Crippen LogP contribution in [0.5, 0.6) is 0 Å².